The first-order chi connectivity index (χ1) is 7.95. The van der Waals surface area contributed by atoms with Crippen LogP contribution in [-0.4, -0.2) is 28.1 Å². The van der Waals surface area contributed by atoms with Gasteiger partial charge in [0, 0.05) is 18.6 Å². The van der Waals surface area contributed by atoms with Crippen LogP contribution in [0.3, 0.4) is 0 Å². The van der Waals surface area contributed by atoms with Gasteiger partial charge in [-0.2, -0.15) is 0 Å². The van der Waals surface area contributed by atoms with Crippen molar-refractivity contribution >= 4 is 11.7 Å². The van der Waals surface area contributed by atoms with Crippen molar-refractivity contribution < 1.29 is 19.6 Å². The SMILES string of the molecule is COc1ccc([N+](=O)[O-])c(C[C@@H](C)C(=O)O)n1. The normalized spacial score (nSPS) is 11.9. The molecule has 7 heteroatoms. The van der Waals surface area contributed by atoms with E-state index in [9.17, 15) is 14.9 Å². The molecule has 0 aromatic carbocycles. The van der Waals surface area contributed by atoms with Gasteiger partial charge in [-0.1, -0.05) is 6.92 Å². The molecule has 0 radical (unpaired) electrons. The number of methoxy groups -OCH3 is 1. The fraction of sp³-hybridized carbons (Fsp3) is 0.400. The van der Waals surface area contributed by atoms with E-state index in [1.807, 2.05) is 0 Å². The Bertz CT molecular complexity index is 446. The molecular weight excluding hydrogens is 228 g/mol. The topological polar surface area (TPSA) is 103 Å². The van der Waals surface area contributed by atoms with Crippen LogP contribution >= 0.6 is 0 Å². The van der Waals surface area contributed by atoms with Crippen molar-refractivity contribution in [2.24, 2.45) is 5.92 Å². The minimum atomic E-state index is -1.02. The maximum atomic E-state index is 10.8. The van der Waals surface area contributed by atoms with E-state index in [4.69, 9.17) is 9.84 Å². The fourth-order valence-corrected chi connectivity index (χ4v) is 1.28. The van der Waals surface area contributed by atoms with Gasteiger partial charge < -0.3 is 9.84 Å². The van der Waals surface area contributed by atoms with Gasteiger partial charge in [-0.15, -0.1) is 0 Å². The van der Waals surface area contributed by atoms with E-state index in [1.165, 1.54) is 26.2 Å². The van der Waals surface area contributed by atoms with Crippen molar-refractivity contribution in [2.75, 3.05) is 7.11 Å². The summed E-state index contributed by atoms with van der Waals surface area (Å²) >= 11 is 0. The molecule has 0 unspecified atom stereocenters. The van der Waals surface area contributed by atoms with Gasteiger partial charge in [-0.05, 0) is 0 Å². The number of carboxylic acids is 1. The highest BCUT2D eigenvalue weighted by Crippen LogP contribution is 2.22. The zero-order valence-corrected chi connectivity index (χ0v) is 9.41. The fourth-order valence-electron chi connectivity index (χ4n) is 1.28. The van der Waals surface area contributed by atoms with Crippen LogP contribution in [0.25, 0.3) is 0 Å². The van der Waals surface area contributed by atoms with Crippen LogP contribution < -0.4 is 4.74 Å². The predicted octanol–water partition coefficient (Wildman–Crippen LogP) is 1.26. The largest absolute Gasteiger partial charge is 0.481 e. The van der Waals surface area contributed by atoms with Crippen LogP contribution in [0, 0.1) is 16.0 Å². The Morgan fingerprint density at radius 2 is 2.29 bits per heavy atom. The highest BCUT2D eigenvalue weighted by Gasteiger charge is 2.21. The standard InChI is InChI=1S/C10H12N2O5/c1-6(10(13)14)5-7-8(12(15)16)3-4-9(11-7)17-2/h3-4,6H,5H2,1-2H3,(H,13,14)/t6-/m1/s1. The van der Waals surface area contributed by atoms with Crippen LogP contribution in [-0.2, 0) is 11.2 Å². The highest BCUT2D eigenvalue weighted by molar-refractivity contribution is 5.70. The Hall–Kier alpha value is -2.18. The molecule has 1 aromatic rings. The molecule has 1 heterocycles. The quantitative estimate of drug-likeness (QED) is 0.614. The summed E-state index contributed by atoms with van der Waals surface area (Å²) in [5.41, 5.74) is -0.0804. The van der Waals surface area contributed by atoms with E-state index in [0.717, 1.165) is 0 Å². The van der Waals surface area contributed by atoms with Gasteiger partial charge in [0.05, 0.1) is 18.0 Å². The first-order valence-electron chi connectivity index (χ1n) is 4.86. The van der Waals surface area contributed by atoms with E-state index >= 15 is 0 Å². The number of hydrogen-bond donors (Lipinski definition) is 1. The summed E-state index contributed by atoms with van der Waals surface area (Å²) < 4.78 is 4.85. The summed E-state index contributed by atoms with van der Waals surface area (Å²) in [7, 11) is 1.39. The molecule has 0 amide bonds. The second-order valence-corrected chi connectivity index (χ2v) is 3.52. The van der Waals surface area contributed by atoms with Gasteiger partial charge >= 0.3 is 5.97 Å². The second kappa shape index (κ2) is 5.24. The smallest absolute Gasteiger partial charge is 0.306 e. The number of rotatable bonds is 5. The number of ether oxygens (including phenoxy) is 1. The molecule has 0 aliphatic rings. The summed E-state index contributed by atoms with van der Waals surface area (Å²) in [5, 5.41) is 19.5. The van der Waals surface area contributed by atoms with Crippen molar-refractivity contribution in [2.45, 2.75) is 13.3 Å². The summed E-state index contributed by atoms with van der Waals surface area (Å²) in [6, 6.07) is 2.63. The lowest BCUT2D eigenvalue weighted by Gasteiger charge is -2.07. The summed E-state index contributed by atoms with van der Waals surface area (Å²) in [6.45, 7) is 1.47. The molecule has 1 aromatic heterocycles. The van der Waals surface area contributed by atoms with E-state index in [0.29, 0.717) is 0 Å². The Labute approximate surface area is 97.2 Å². The number of nitrogens with zero attached hydrogens (tertiary/aromatic N) is 2. The first-order valence-corrected chi connectivity index (χ1v) is 4.86. The van der Waals surface area contributed by atoms with E-state index < -0.39 is 16.8 Å². The third-order valence-electron chi connectivity index (χ3n) is 2.25. The van der Waals surface area contributed by atoms with Crippen LogP contribution in [0.4, 0.5) is 5.69 Å². The molecular formula is C10H12N2O5. The summed E-state index contributed by atoms with van der Waals surface area (Å²) in [4.78, 5) is 24.8. The number of aromatic nitrogens is 1. The Morgan fingerprint density at radius 3 is 2.76 bits per heavy atom. The number of carboxylic acid groups (broad SMARTS) is 1. The van der Waals surface area contributed by atoms with Crippen molar-refractivity contribution in [3.63, 3.8) is 0 Å². The third-order valence-corrected chi connectivity index (χ3v) is 2.25. The molecule has 17 heavy (non-hydrogen) atoms. The van der Waals surface area contributed by atoms with Gasteiger partial charge in [-0.25, -0.2) is 4.98 Å². The van der Waals surface area contributed by atoms with Crippen LogP contribution in [0.5, 0.6) is 5.88 Å². The van der Waals surface area contributed by atoms with E-state index in [1.54, 1.807) is 0 Å². The molecule has 1 N–H and O–H groups in total. The maximum Gasteiger partial charge on any atom is 0.306 e. The lowest BCUT2D eigenvalue weighted by Crippen LogP contribution is -2.14. The highest BCUT2D eigenvalue weighted by atomic mass is 16.6. The second-order valence-electron chi connectivity index (χ2n) is 3.52. The average Bonchev–Trinajstić information content (AvgIpc) is 2.28. The number of aliphatic carboxylic acids is 1. The predicted molar refractivity (Wildman–Crippen MR) is 57.9 cm³/mol. The van der Waals surface area contributed by atoms with Gasteiger partial charge in [0.25, 0.3) is 5.69 Å². The molecule has 0 bridgehead atoms. The van der Waals surface area contributed by atoms with Crippen molar-refractivity contribution in [3.8, 4) is 5.88 Å². The van der Waals surface area contributed by atoms with Crippen LogP contribution in [0.15, 0.2) is 12.1 Å². The molecule has 1 atom stereocenters. The monoisotopic (exact) mass is 240 g/mol. The number of carbonyl (C=O) groups is 1. The van der Waals surface area contributed by atoms with E-state index in [2.05, 4.69) is 4.98 Å². The first kappa shape index (κ1) is 12.9. The number of nitro groups is 1. The molecule has 0 spiro atoms. The Kier molecular flexibility index (Phi) is 3.97. The molecule has 92 valence electrons. The Morgan fingerprint density at radius 1 is 1.65 bits per heavy atom. The number of pyridine rings is 1. The molecule has 0 aliphatic heterocycles. The molecule has 0 fully saturated rings. The zero-order chi connectivity index (χ0) is 13.0. The molecule has 7 nitrogen and oxygen atoms in total. The van der Waals surface area contributed by atoms with E-state index in [-0.39, 0.29) is 23.7 Å². The van der Waals surface area contributed by atoms with Crippen LogP contribution in [0.1, 0.15) is 12.6 Å². The number of hydrogen-bond acceptors (Lipinski definition) is 5. The lowest BCUT2D eigenvalue weighted by atomic mass is 10.0. The van der Waals surface area contributed by atoms with Gasteiger partial charge in [-0.3, -0.25) is 14.9 Å². The molecule has 0 aliphatic carbocycles. The van der Waals surface area contributed by atoms with Gasteiger partial charge in [0.15, 0.2) is 0 Å². The summed E-state index contributed by atoms with van der Waals surface area (Å²) in [5.74, 6) is -1.54. The molecule has 0 saturated heterocycles. The van der Waals surface area contributed by atoms with Crippen molar-refractivity contribution in [1.82, 2.24) is 4.98 Å². The average molecular weight is 240 g/mol. The Balaban J connectivity index is 3.09. The van der Waals surface area contributed by atoms with Crippen LogP contribution in [0.2, 0.25) is 0 Å². The molecule has 0 saturated carbocycles. The van der Waals surface area contributed by atoms with Gasteiger partial charge in [0.1, 0.15) is 5.69 Å². The minimum Gasteiger partial charge on any atom is -0.481 e. The van der Waals surface area contributed by atoms with Gasteiger partial charge in [0.2, 0.25) is 5.88 Å². The van der Waals surface area contributed by atoms with Crippen molar-refractivity contribution in [1.29, 1.82) is 0 Å². The minimum absolute atomic E-state index is 0.0111. The molecule has 1 rings (SSSR count). The summed E-state index contributed by atoms with van der Waals surface area (Å²) in [6.07, 6.45) is -0.0111. The maximum absolute atomic E-state index is 10.8. The zero-order valence-electron chi connectivity index (χ0n) is 9.41. The van der Waals surface area contributed by atoms with Crippen molar-refractivity contribution in [3.05, 3.63) is 27.9 Å². The third kappa shape index (κ3) is 3.13. The lowest BCUT2D eigenvalue weighted by molar-refractivity contribution is -0.386.